The third-order valence-electron chi connectivity index (χ3n) is 4.20. The number of hydrogen-bond acceptors (Lipinski definition) is 0. The van der Waals surface area contributed by atoms with Crippen molar-refractivity contribution in [2.75, 3.05) is 0 Å². The Morgan fingerprint density at radius 3 is 2.05 bits per heavy atom. The van der Waals surface area contributed by atoms with Gasteiger partial charge in [0.25, 0.3) is 0 Å². The Hall–Kier alpha value is -2.34. The van der Waals surface area contributed by atoms with Gasteiger partial charge in [0.2, 0.25) is 0 Å². The molecule has 0 heteroatoms. The summed E-state index contributed by atoms with van der Waals surface area (Å²) in [6.45, 7) is 6.68. The first-order valence-electron chi connectivity index (χ1n) is 7.91. The standard InChI is InChI=1S/C22H22/c1-16(2)19-10-7-11-21(15-19)22-13-12-20(14-17(22)3)18-8-5-4-6-9-18/h4-16H,1-3H3. The summed E-state index contributed by atoms with van der Waals surface area (Å²) in [7, 11) is 0. The van der Waals surface area contributed by atoms with Crippen LogP contribution in [0.1, 0.15) is 30.9 Å². The van der Waals surface area contributed by atoms with Crippen molar-refractivity contribution in [3.8, 4) is 22.3 Å². The fourth-order valence-corrected chi connectivity index (χ4v) is 2.86. The molecule has 0 aromatic heterocycles. The topological polar surface area (TPSA) is 0 Å². The minimum Gasteiger partial charge on any atom is -0.0622 e. The van der Waals surface area contributed by atoms with Crippen LogP contribution in [0.2, 0.25) is 0 Å². The molecule has 0 bridgehead atoms. The Labute approximate surface area is 133 Å². The van der Waals surface area contributed by atoms with Crippen molar-refractivity contribution in [2.45, 2.75) is 26.7 Å². The van der Waals surface area contributed by atoms with Crippen molar-refractivity contribution in [3.05, 3.63) is 83.9 Å². The van der Waals surface area contributed by atoms with Gasteiger partial charge in [0.05, 0.1) is 0 Å². The summed E-state index contributed by atoms with van der Waals surface area (Å²) in [6, 6.07) is 26.2. The van der Waals surface area contributed by atoms with Crippen LogP contribution in [0.5, 0.6) is 0 Å². The quantitative estimate of drug-likeness (QED) is 0.519. The van der Waals surface area contributed by atoms with Crippen molar-refractivity contribution < 1.29 is 0 Å². The maximum atomic E-state index is 2.31. The second kappa shape index (κ2) is 6.19. The van der Waals surface area contributed by atoms with Crippen molar-refractivity contribution in [3.63, 3.8) is 0 Å². The fraction of sp³-hybridized carbons (Fsp3) is 0.182. The Morgan fingerprint density at radius 2 is 1.36 bits per heavy atom. The van der Waals surface area contributed by atoms with Gasteiger partial charge in [-0.2, -0.15) is 0 Å². The molecule has 0 aliphatic heterocycles. The second-order valence-electron chi connectivity index (χ2n) is 6.18. The first-order valence-corrected chi connectivity index (χ1v) is 7.91. The van der Waals surface area contributed by atoms with Gasteiger partial charge in [-0.3, -0.25) is 0 Å². The van der Waals surface area contributed by atoms with E-state index in [4.69, 9.17) is 0 Å². The highest BCUT2D eigenvalue weighted by atomic mass is 14.1. The van der Waals surface area contributed by atoms with Gasteiger partial charge in [-0.25, -0.2) is 0 Å². The van der Waals surface area contributed by atoms with E-state index in [9.17, 15) is 0 Å². The first kappa shape index (κ1) is 14.6. The zero-order valence-corrected chi connectivity index (χ0v) is 13.5. The molecule has 0 aliphatic carbocycles. The molecule has 0 radical (unpaired) electrons. The lowest BCUT2D eigenvalue weighted by molar-refractivity contribution is 0.867. The van der Waals surface area contributed by atoms with Gasteiger partial charge in [-0.15, -0.1) is 0 Å². The van der Waals surface area contributed by atoms with E-state index in [2.05, 4.69) is 93.6 Å². The average molecular weight is 286 g/mol. The molecule has 0 unspecified atom stereocenters. The molecule has 3 aromatic carbocycles. The maximum absolute atomic E-state index is 2.31. The summed E-state index contributed by atoms with van der Waals surface area (Å²) < 4.78 is 0. The summed E-state index contributed by atoms with van der Waals surface area (Å²) >= 11 is 0. The van der Waals surface area contributed by atoms with Gasteiger partial charge >= 0.3 is 0 Å². The Morgan fingerprint density at radius 1 is 0.636 bits per heavy atom. The number of aryl methyl sites for hydroxylation is 1. The molecule has 3 rings (SSSR count). The molecular weight excluding hydrogens is 264 g/mol. The van der Waals surface area contributed by atoms with E-state index in [0.717, 1.165) is 0 Å². The van der Waals surface area contributed by atoms with Crippen LogP contribution in [0.25, 0.3) is 22.3 Å². The molecule has 0 nitrogen and oxygen atoms in total. The highest BCUT2D eigenvalue weighted by molar-refractivity contribution is 5.73. The van der Waals surface area contributed by atoms with E-state index in [-0.39, 0.29) is 0 Å². The first-order chi connectivity index (χ1) is 10.6. The van der Waals surface area contributed by atoms with Crippen LogP contribution in [0.4, 0.5) is 0 Å². The summed E-state index contributed by atoms with van der Waals surface area (Å²) in [6.07, 6.45) is 0. The Balaban J connectivity index is 2.01. The Kier molecular flexibility index (Phi) is 4.11. The molecule has 0 N–H and O–H groups in total. The second-order valence-corrected chi connectivity index (χ2v) is 6.18. The van der Waals surface area contributed by atoms with E-state index >= 15 is 0 Å². The van der Waals surface area contributed by atoms with Crippen LogP contribution in [0.15, 0.2) is 72.8 Å². The lowest BCUT2D eigenvalue weighted by Crippen LogP contribution is -1.90. The van der Waals surface area contributed by atoms with Crippen LogP contribution in [-0.2, 0) is 0 Å². The van der Waals surface area contributed by atoms with E-state index in [1.165, 1.54) is 33.4 Å². The van der Waals surface area contributed by atoms with Crippen molar-refractivity contribution in [1.29, 1.82) is 0 Å². The van der Waals surface area contributed by atoms with Gasteiger partial charge < -0.3 is 0 Å². The highest BCUT2D eigenvalue weighted by Crippen LogP contribution is 2.30. The minimum atomic E-state index is 0.559. The monoisotopic (exact) mass is 286 g/mol. The molecule has 110 valence electrons. The van der Waals surface area contributed by atoms with Crippen LogP contribution >= 0.6 is 0 Å². The molecule has 0 aliphatic rings. The van der Waals surface area contributed by atoms with E-state index < -0.39 is 0 Å². The van der Waals surface area contributed by atoms with E-state index in [0.29, 0.717) is 5.92 Å². The minimum absolute atomic E-state index is 0.559. The number of benzene rings is 3. The summed E-state index contributed by atoms with van der Waals surface area (Å²) in [4.78, 5) is 0. The van der Waals surface area contributed by atoms with Crippen LogP contribution in [0.3, 0.4) is 0 Å². The summed E-state index contributed by atoms with van der Waals surface area (Å²) in [5.41, 5.74) is 7.90. The normalized spacial score (nSPS) is 10.9. The van der Waals surface area contributed by atoms with Gasteiger partial charge in [-0.1, -0.05) is 86.6 Å². The molecule has 22 heavy (non-hydrogen) atoms. The number of rotatable bonds is 3. The zero-order valence-electron chi connectivity index (χ0n) is 13.5. The molecule has 0 saturated carbocycles. The van der Waals surface area contributed by atoms with Crippen molar-refractivity contribution in [1.82, 2.24) is 0 Å². The average Bonchev–Trinajstić information content (AvgIpc) is 2.55. The van der Waals surface area contributed by atoms with Crippen LogP contribution < -0.4 is 0 Å². The number of hydrogen-bond donors (Lipinski definition) is 0. The SMILES string of the molecule is Cc1cc(-c2ccccc2)ccc1-c1cccc(C(C)C)c1. The lowest BCUT2D eigenvalue weighted by Gasteiger charge is -2.12. The molecule has 3 aromatic rings. The van der Waals surface area contributed by atoms with Gasteiger partial charge in [-0.05, 0) is 46.2 Å². The fourth-order valence-electron chi connectivity index (χ4n) is 2.86. The van der Waals surface area contributed by atoms with Crippen LogP contribution in [0, 0.1) is 6.92 Å². The summed E-state index contributed by atoms with van der Waals surface area (Å²) in [5.74, 6) is 0.559. The van der Waals surface area contributed by atoms with Crippen LogP contribution in [-0.4, -0.2) is 0 Å². The molecular formula is C22H22. The third-order valence-corrected chi connectivity index (χ3v) is 4.20. The lowest BCUT2D eigenvalue weighted by atomic mass is 9.93. The van der Waals surface area contributed by atoms with Gasteiger partial charge in [0.1, 0.15) is 0 Å². The molecule has 0 saturated heterocycles. The molecule has 0 heterocycles. The largest absolute Gasteiger partial charge is 0.0622 e. The van der Waals surface area contributed by atoms with Gasteiger partial charge in [0.15, 0.2) is 0 Å². The Bertz CT molecular complexity index is 767. The third kappa shape index (κ3) is 2.96. The molecule has 0 amide bonds. The molecule has 0 atom stereocenters. The zero-order chi connectivity index (χ0) is 15.5. The highest BCUT2D eigenvalue weighted by Gasteiger charge is 2.06. The smallest absolute Gasteiger partial charge is 0.0154 e. The van der Waals surface area contributed by atoms with Crippen molar-refractivity contribution in [2.24, 2.45) is 0 Å². The van der Waals surface area contributed by atoms with E-state index in [1.807, 2.05) is 0 Å². The van der Waals surface area contributed by atoms with Crippen molar-refractivity contribution >= 4 is 0 Å². The predicted molar refractivity (Wildman–Crippen MR) is 96.1 cm³/mol. The molecule has 0 fully saturated rings. The molecule has 0 spiro atoms. The summed E-state index contributed by atoms with van der Waals surface area (Å²) in [5, 5.41) is 0. The van der Waals surface area contributed by atoms with Gasteiger partial charge in [0, 0.05) is 0 Å². The predicted octanol–water partition coefficient (Wildman–Crippen LogP) is 6.45. The van der Waals surface area contributed by atoms with E-state index in [1.54, 1.807) is 0 Å². The maximum Gasteiger partial charge on any atom is -0.0154 e.